The average Bonchev–Trinajstić information content (AvgIpc) is 3.13. The number of hydrogen-bond donors (Lipinski definition) is 1. The van der Waals surface area contributed by atoms with E-state index in [9.17, 15) is 4.79 Å². The molecule has 0 fully saturated rings. The van der Waals surface area contributed by atoms with E-state index >= 15 is 0 Å². The molecule has 1 aliphatic heterocycles. The molecule has 24 heavy (non-hydrogen) atoms. The summed E-state index contributed by atoms with van der Waals surface area (Å²) in [5.74, 6) is 0.850. The summed E-state index contributed by atoms with van der Waals surface area (Å²) in [6.07, 6.45) is 3.39. The number of nitrogens with zero attached hydrogens (tertiary/aromatic N) is 2. The summed E-state index contributed by atoms with van der Waals surface area (Å²) in [7, 11) is 0. The minimum atomic E-state index is -0.0554. The molecule has 0 aliphatic carbocycles. The summed E-state index contributed by atoms with van der Waals surface area (Å²) in [5.41, 5.74) is 3.09. The highest BCUT2D eigenvalue weighted by Gasteiger charge is 2.30. The summed E-state index contributed by atoms with van der Waals surface area (Å²) >= 11 is 1.61. The van der Waals surface area contributed by atoms with Crippen LogP contribution in [-0.2, 0) is 11.3 Å². The third kappa shape index (κ3) is 2.57. The van der Waals surface area contributed by atoms with Crippen LogP contribution in [0.1, 0.15) is 42.6 Å². The monoisotopic (exact) mass is 341 g/mol. The second kappa shape index (κ2) is 6.28. The number of fused-ring (bicyclic) bond motifs is 3. The SMILES string of the molecule is CCCOc1ccccc1[C@H]1CC(=O)NCc2nc3sccn3c21. The van der Waals surface area contributed by atoms with Crippen molar-refractivity contribution in [2.75, 3.05) is 6.61 Å². The number of benzene rings is 1. The zero-order valence-corrected chi connectivity index (χ0v) is 14.3. The Labute approximate surface area is 144 Å². The molecule has 6 heteroatoms. The fourth-order valence-electron chi connectivity index (χ4n) is 3.25. The number of aromatic nitrogens is 2. The van der Waals surface area contributed by atoms with E-state index in [1.165, 1.54) is 0 Å². The Balaban J connectivity index is 1.86. The standard InChI is InChI=1S/C18H19N3O2S/c1-2-8-23-15-6-4-3-5-12(15)13-10-16(22)19-11-14-17(13)21-7-9-24-18(21)20-14/h3-7,9,13H,2,8,10-11H2,1H3,(H,19,22)/t13-/m1/s1. The topological polar surface area (TPSA) is 55.6 Å². The van der Waals surface area contributed by atoms with E-state index in [0.29, 0.717) is 19.6 Å². The van der Waals surface area contributed by atoms with Crippen LogP contribution in [0.2, 0.25) is 0 Å². The molecule has 1 aliphatic rings. The molecule has 0 saturated heterocycles. The molecule has 0 unspecified atom stereocenters. The molecule has 0 radical (unpaired) electrons. The highest BCUT2D eigenvalue weighted by molar-refractivity contribution is 7.15. The van der Waals surface area contributed by atoms with Gasteiger partial charge in [0.05, 0.1) is 24.5 Å². The maximum atomic E-state index is 12.2. The van der Waals surface area contributed by atoms with Gasteiger partial charge in [0.15, 0.2) is 4.96 Å². The van der Waals surface area contributed by atoms with Gasteiger partial charge in [0.25, 0.3) is 0 Å². The van der Waals surface area contributed by atoms with Crippen molar-refractivity contribution in [1.29, 1.82) is 0 Å². The van der Waals surface area contributed by atoms with Crippen LogP contribution in [0.4, 0.5) is 0 Å². The van der Waals surface area contributed by atoms with E-state index in [1.54, 1.807) is 11.3 Å². The summed E-state index contributed by atoms with van der Waals surface area (Å²) in [4.78, 5) is 17.9. The van der Waals surface area contributed by atoms with Crippen molar-refractivity contribution >= 4 is 22.2 Å². The molecule has 1 N–H and O–H groups in total. The molecule has 3 heterocycles. The Morgan fingerprint density at radius 2 is 2.29 bits per heavy atom. The van der Waals surface area contributed by atoms with Crippen molar-refractivity contribution in [2.45, 2.75) is 32.2 Å². The molecule has 0 spiro atoms. The van der Waals surface area contributed by atoms with Gasteiger partial charge in [-0.3, -0.25) is 9.20 Å². The first-order valence-electron chi connectivity index (χ1n) is 8.20. The number of thiazole rings is 1. The van der Waals surface area contributed by atoms with Crippen molar-refractivity contribution in [3.05, 3.63) is 52.8 Å². The van der Waals surface area contributed by atoms with E-state index in [2.05, 4.69) is 22.7 Å². The lowest BCUT2D eigenvalue weighted by Gasteiger charge is -2.19. The second-order valence-electron chi connectivity index (χ2n) is 5.92. The van der Waals surface area contributed by atoms with E-state index in [-0.39, 0.29) is 11.8 Å². The van der Waals surface area contributed by atoms with Gasteiger partial charge in [-0.05, 0) is 12.5 Å². The average molecular weight is 341 g/mol. The first-order chi connectivity index (χ1) is 11.8. The smallest absolute Gasteiger partial charge is 0.221 e. The Morgan fingerprint density at radius 1 is 1.42 bits per heavy atom. The molecule has 1 amide bonds. The fraction of sp³-hybridized carbons (Fsp3) is 0.333. The molecular formula is C18H19N3O2S. The maximum absolute atomic E-state index is 12.2. The Morgan fingerprint density at radius 3 is 3.17 bits per heavy atom. The highest BCUT2D eigenvalue weighted by Crippen LogP contribution is 2.38. The van der Waals surface area contributed by atoms with Gasteiger partial charge in [-0.25, -0.2) is 4.98 Å². The summed E-state index contributed by atoms with van der Waals surface area (Å²) in [6.45, 7) is 3.24. The number of hydrogen-bond acceptors (Lipinski definition) is 4. The quantitative estimate of drug-likeness (QED) is 0.792. The van der Waals surface area contributed by atoms with Crippen molar-refractivity contribution in [3.8, 4) is 5.75 Å². The minimum Gasteiger partial charge on any atom is -0.493 e. The molecule has 124 valence electrons. The van der Waals surface area contributed by atoms with E-state index in [0.717, 1.165) is 34.1 Å². The molecular weight excluding hydrogens is 322 g/mol. The molecule has 5 nitrogen and oxygen atoms in total. The molecule has 2 aromatic heterocycles. The highest BCUT2D eigenvalue weighted by atomic mass is 32.1. The van der Waals surface area contributed by atoms with Gasteiger partial charge in [0.2, 0.25) is 5.91 Å². The largest absolute Gasteiger partial charge is 0.493 e. The van der Waals surface area contributed by atoms with Crippen LogP contribution in [-0.4, -0.2) is 21.9 Å². The first-order valence-corrected chi connectivity index (χ1v) is 9.08. The molecule has 0 bridgehead atoms. The number of para-hydroxylation sites is 1. The zero-order valence-electron chi connectivity index (χ0n) is 13.5. The van der Waals surface area contributed by atoms with Gasteiger partial charge in [-0.15, -0.1) is 11.3 Å². The predicted molar refractivity (Wildman–Crippen MR) is 93.6 cm³/mol. The number of nitrogens with one attached hydrogen (secondary N) is 1. The predicted octanol–water partition coefficient (Wildman–Crippen LogP) is 3.34. The fourth-order valence-corrected chi connectivity index (χ4v) is 3.99. The lowest BCUT2D eigenvalue weighted by Crippen LogP contribution is -2.21. The van der Waals surface area contributed by atoms with Gasteiger partial charge < -0.3 is 10.1 Å². The maximum Gasteiger partial charge on any atom is 0.221 e. The number of amides is 1. The van der Waals surface area contributed by atoms with Gasteiger partial charge in [0, 0.05) is 29.5 Å². The van der Waals surface area contributed by atoms with E-state index < -0.39 is 0 Å². The molecule has 4 rings (SSSR count). The molecule has 0 saturated carbocycles. The van der Waals surface area contributed by atoms with Gasteiger partial charge in [-0.2, -0.15) is 0 Å². The van der Waals surface area contributed by atoms with Gasteiger partial charge >= 0.3 is 0 Å². The lowest BCUT2D eigenvalue weighted by molar-refractivity contribution is -0.121. The Kier molecular flexibility index (Phi) is 3.98. The van der Waals surface area contributed by atoms with Crippen LogP contribution in [0.15, 0.2) is 35.8 Å². The second-order valence-corrected chi connectivity index (χ2v) is 6.79. The third-order valence-electron chi connectivity index (χ3n) is 4.30. The lowest BCUT2D eigenvalue weighted by atomic mass is 9.91. The van der Waals surface area contributed by atoms with Crippen molar-refractivity contribution in [3.63, 3.8) is 0 Å². The van der Waals surface area contributed by atoms with Crippen LogP contribution < -0.4 is 10.1 Å². The van der Waals surface area contributed by atoms with Crippen LogP contribution in [0.25, 0.3) is 4.96 Å². The van der Waals surface area contributed by atoms with Crippen molar-refractivity contribution in [2.24, 2.45) is 0 Å². The zero-order chi connectivity index (χ0) is 16.5. The van der Waals surface area contributed by atoms with Crippen LogP contribution in [0, 0.1) is 0 Å². The Hall–Kier alpha value is -2.34. The van der Waals surface area contributed by atoms with Crippen molar-refractivity contribution < 1.29 is 9.53 Å². The van der Waals surface area contributed by atoms with Crippen molar-refractivity contribution in [1.82, 2.24) is 14.7 Å². The summed E-state index contributed by atoms with van der Waals surface area (Å²) in [5, 5.41) is 4.99. The molecule has 1 aromatic carbocycles. The minimum absolute atomic E-state index is 0.0484. The number of carbonyl (C=O) groups excluding carboxylic acids is 1. The van der Waals surface area contributed by atoms with Crippen LogP contribution in [0.3, 0.4) is 0 Å². The van der Waals surface area contributed by atoms with Crippen LogP contribution in [0.5, 0.6) is 5.75 Å². The Bertz CT molecular complexity index is 883. The number of rotatable bonds is 4. The van der Waals surface area contributed by atoms with E-state index in [4.69, 9.17) is 9.72 Å². The first kappa shape index (κ1) is 15.2. The van der Waals surface area contributed by atoms with E-state index in [1.807, 2.05) is 29.8 Å². The number of carbonyl (C=O) groups is 1. The number of ether oxygens (including phenoxy) is 1. The summed E-state index contributed by atoms with van der Waals surface area (Å²) < 4.78 is 8.05. The van der Waals surface area contributed by atoms with Crippen LogP contribution >= 0.6 is 11.3 Å². The van der Waals surface area contributed by atoms with Gasteiger partial charge in [0.1, 0.15) is 5.75 Å². The normalized spacial score (nSPS) is 17.4. The third-order valence-corrected chi connectivity index (χ3v) is 5.06. The molecule has 1 atom stereocenters. The summed E-state index contributed by atoms with van der Waals surface area (Å²) in [6, 6.07) is 8.02. The van der Waals surface area contributed by atoms with Gasteiger partial charge in [-0.1, -0.05) is 25.1 Å². The number of imidazole rings is 1. The molecule has 3 aromatic rings.